The molecule has 0 amide bonds. The first-order chi connectivity index (χ1) is 10.2. The predicted molar refractivity (Wildman–Crippen MR) is 86.4 cm³/mol. The quantitative estimate of drug-likeness (QED) is 0.877. The number of hydrogen-bond donors (Lipinski definition) is 1. The second kappa shape index (κ2) is 6.77. The van der Waals surface area contributed by atoms with Gasteiger partial charge in [0.2, 0.25) is 0 Å². The van der Waals surface area contributed by atoms with Crippen LogP contribution in [0.3, 0.4) is 0 Å². The van der Waals surface area contributed by atoms with Crippen molar-refractivity contribution in [3.8, 4) is 0 Å². The second-order valence-corrected chi connectivity index (χ2v) is 6.88. The van der Waals surface area contributed by atoms with Gasteiger partial charge in [0.25, 0.3) is 0 Å². The van der Waals surface area contributed by atoms with Gasteiger partial charge in [0.05, 0.1) is 35.1 Å². The molecule has 0 spiro atoms. The van der Waals surface area contributed by atoms with Crippen molar-refractivity contribution in [2.75, 3.05) is 26.7 Å². The number of morpholine rings is 1. The Morgan fingerprint density at radius 3 is 3.19 bits per heavy atom. The molecule has 118 valence electrons. The Kier molecular flexibility index (Phi) is 4.99. The highest BCUT2D eigenvalue weighted by Crippen LogP contribution is 2.31. The van der Waals surface area contributed by atoms with Crippen LogP contribution < -0.4 is 5.32 Å². The molecule has 1 aromatic heterocycles. The maximum absolute atomic E-state index is 6.19. The van der Waals surface area contributed by atoms with E-state index in [-0.39, 0.29) is 12.1 Å². The first-order valence-corrected chi connectivity index (χ1v) is 8.78. The molecule has 3 heterocycles. The average molecular weight is 357 g/mol. The smallest absolute Gasteiger partial charge is 0.0912 e. The number of ether oxygens (including phenoxy) is 1. The highest BCUT2D eigenvalue weighted by atomic mass is 79.9. The number of fused-ring (bicyclic) bond motifs is 1. The second-order valence-electron chi connectivity index (χ2n) is 6.03. The summed E-state index contributed by atoms with van der Waals surface area (Å²) >= 11 is 3.66. The van der Waals surface area contributed by atoms with Crippen molar-refractivity contribution >= 4 is 15.9 Å². The molecule has 3 atom stereocenters. The lowest BCUT2D eigenvalue weighted by atomic mass is 10.0. The molecule has 21 heavy (non-hydrogen) atoms. The summed E-state index contributed by atoms with van der Waals surface area (Å²) in [5.41, 5.74) is 1.21. The SMILES string of the molecule is CCCn1ncc(Br)c1C(NC)C1CN2CCCC2CO1. The fourth-order valence-corrected chi connectivity index (χ4v) is 4.16. The number of aromatic nitrogens is 2. The van der Waals surface area contributed by atoms with Gasteiger partial charge in [-0.05, 0) is 48.8 Å². The summed E-state index contributed by atoms with van der Waals surface area (Å²) in [4.78, 5) is 2.59. The van der Waals surface area contributed by atoms with Crippen LogP contribution in [-0.2, 0) is 11.3 Å². The Balaban J connectivity index is 1.80. The van der Waals surface area contributed by atoms with Crippen LogP contribution >= 0.6 is 15.9 Å². The molecule has 2 aliphatic heterocycles. The standard InChI is InChI=1S/C15H25BrN4O/c1-3-6-20-15(12(16)8-18-20)14(17-2)13-9-19-7-4-5-11(19)10-21-13/h8,11,13-14,17H,3-7,9-10H2,1-2H3. The molecule has 2 aliphatic rings. The van der Waals surface area contributed by atoms with Crippen molar-refractivity contribution in [3.63, 3.8) is 0 Å². The van der Waals surface area contributed by atoms with Gasteiger partial charge in [-0.3, -0.25) is 9.58 Å². The molecule has 2 saturated heterocycles. The van der Waals surface area contributed by atoms with E-state index in [1.54, 1.807) is 0 Å². The van der Waals surface area contributed by atoms with Gasteiger partial charge in [-0.2, -0.15) is 5.10 Å². The molecule has 0 aliphatic carbocycles. The number of rotatable bonds is 5. The molecule has 1 N–H and O–H groups in total. The zero-order valence-electron chi connectivity index (χ0n) is 12.9. The van der Waals surface area contributed by atoms with Gasteiger partial charge < -0.3 is 10.1 Å². The van der Waals surface area contributed by atoms with Crippen LogP contribution in [0.5, 0.6) is 0 Å². The minimum absolute atomic E-state index is 0.176. The summed E-state index contributed by atoms with van der Waals surface area (Å²) in [6, 6.07) is 0.817. The van der Waals surface area contributed by atoms with Crippen molar-refractivity contribution in [2.24, 2.45) is 0 Å². The van der Waals surface area contributed by atoms with Crippen LogP contribution in [0.15, 0.2) is 10.7 Å². The van der Waals surface area contributed by atoms with Crippen LogP contribution in [0.2, 0.25) is 0 Å². The Hall–Kier alpha value is -0.430. The van der Waals surface area contributed by atoms with Gasteiger partial charge in [0.15, 0.2) is 0 Å². The highest BCUT2D eigenvalue weighted by Gasteiger charge is 2.37. The van der Waals surface area contributed by atoms with E-state index in [0.29, 0.717) is 6.04 Å². The third kappa shape index (κ3) is 3.04. The van der Waals surface area contributed by atoms with E-state index >= 15 is 0 Å². The Morgan fingerprint density at radius 1 is 1.57 bits per heavy atom. The van der Waals surface area contributed by atoms with E-state index in [1.165, 1.54) is 25.1 Å². The largest absolute Gasteiger partial charge is 0.373 e. The minimum atomic E-state index is 0.176. The number of aryl methyl sites for hydroxylation is 1. The van der Waals surface area contributed by atoms with E-state index in [4.69, 9.17) is 4.74 Å². The monoisotopic (exact) mass is 356 g/mol. The molecule has 2 fully saturated rings. The number of halogens is 1. The summed E-state index contributed by atoms with van der Waals surface area (Å²) in [5.74, 6) is 0. The van der Waals surface area contributed by atoms with Gasteiger partial charge in [-0.25, -0.2) is 0 Å². The fraction of sp³-hybridized carbons (Fsp3) is 0.800. The maximum atomic E-state index is 6.19. The van der Waals surface area contributed by atoms with Crippen LogP contribution in [-0.4, -0.2) is 53.6 Å². The van der Waals surface area contributed by atoms with Crippen LogP contribution in [0.4, 0.5) is 0 Å². The van der Waals surface area contributed by atoms with Gasteiger partial charge in [0.1, 0.15) is 0 Å². The lowest BCUT2D eigenvalue weighted by Crippen LogP contribution is -2.50. The summed E-state index contributed by atoms with van der Waals surface area (Å²) < 4.78 is 9.36. The van der Waals surface area contributed by atoms with Crippen LogP contribution in [0.1, 0.15) is 37.9 Å². The van der Waals surface area contributed by atoms with E-state index < -0.39 is 0 Å². The molecule has 0 radical (unpaired) electrons. The van der Waals surface area contributed by atoms with Crippen molar-refractivity contribution in [3.05, 3.63) is 16.4 Å². The Bertz CT molecular complexity index is 478. The third-order valence-electron chi connectivity index (χ3n) is 4.66. The highest BCUT2D eigenvalue weighted by molar-refractivity contribution is 9.10. The van der Waals surface area contributed by atoms with Gasteiger partial charge in [-0.1, -0.05) is 6.92 Å². The molecular formula is C15H25BrN4O. The molecule has 6 heteroatoms. The topological polar surface area (TPSA) is 42.3 Å². The molecule has 1 aromatic rings. The van der Waals surface area contributed by atoms with Crippen molar-refractivity contribution < 1.29 is 4.74 Å². The van der Waals surface area contributed by atoms with Crippen LogP contribution in [0.25, 0.3) is 0 Å². The first kappa shape index (κ1) is 15.5. The summed E-state index contributed by atoms with van der Waals surface area (Å²) in [5, 5.41) is 7.95. The lowest BCUT2D eigenvalue weighted by molar-refractivity contribution is -0.0655. The Labute approximate surface area is 135 Å². The van der Waals surface area contributed by atoms with E-state index in [1.807, 2.05) is 13.2 Å². The van der Waals surface area contributed by atoms with E-state index in [2.05, 4.69) is 42.9 Å². The number of nitrogens with zero attached hydrogens (tertiary/aromatic N) is 3. The molecule has 5 nitrogen and oxygen atoms in total. The number of likely N-dealkylation sites (N-methyl/N-ethyl adjacent to an activating group) is 1. The maximum Gasteiger partial charge on any atom is 0.0912 e. The first-order valence-electron chi connectivity index (χ1n) is 7.98. The summed E-state index contributed by atoms with van der Waals surface area (Å²) in [6.45, 7) is 6.22. The van der Waals surface area contributed by atoms with Gasteiger partial charge >= 0.3 is 0 Å². The molecule has 3 unspecified atom stereocenters. The number of nitrogens with one attached hydrogen (secondary N) is 1. The molecule has 0 bridgehead atoms. The molecule has 0 saturated carbocycles. The van der Waals surface area contributed by atoms with Crippen molar-refractivity contribution in [1.29, 1.82) is 0 Å². The zero-order valence-corrected chi connectivity index (χ0v) is 14.5. The lowest BCUT2D eigenvalue weighted by Gasteiger charge is -2.39. The molecule has 3 rings (SSSR count). The summed E-state index contributed by atoms with van der Waals surface area (Å²) in [6.07, 6.45) is 5.76. The van der Waals surface area contributed by atoms with E-state index in [9.17, 15) is 0 Å². The zero-order chi connectivity index (χ0) is 14.8. The van der Waals surface area contributed by atoms with Crippen molar-refractivity contribution in [1.82, 2.24) is 20.0 Å². The van der Waals surface area contributed by atoms with E-state index in [0.717, 1.165) is 30.6 Å². The molecular weight excluding hydrogens is 332 g/mol. The number of hydrogen-bond acceptors (Lipinski definition) is 4. The van der Waals surface area contributed by atoms with Gasteiger partial charge in [-0.15, -0.1) is 0 Å². The van der Waals surface area contributed by atoms with Gasteiger partial charge in [0, 0.05) is 19.1 Å². The third-order valence-corrected chi connectivity index (χ3v) is 5.27. The molecule has 0 aromatic carbocycles. The Morgan fingerprint density at radius 2 is 2.43 bits per heavy atom. The van der Waals surface area contributed by atoms with Crippen LogP contribution in [0, 0.1) is 0 Å². The summed E-state index contributed by atoms with van der Waals surface area (Å²) in [7, 11) is 2.01. The normalized spacial score (nSPS) is 27.8. The van der Waals surface area contributed by atoms with Crippen molar-refractivity contribution in [2.45, 2.75) is 50.9 Å². The average Bonchev–Trinajstić information content (AvgIpc) is 3.09. The predicted octanol–water partition coefficient (Wildman–Crippen LogP) is 2.18. The minimum Gasteiger partial charge on any atom is -0.373 e. The fourth-order valence-electron chi connectivity index (χ4n) is 3.61.